The van der Waals surface area contributed by atoms with Crippen LogP contribution in [0.15, 0.2) is 142 Å². The fourth-order valence-electron chi connectivity index (χ4n) is 6.51. The lowest BCUT2D eigenvalue weighted by Gasteiger charge is -2.08. The van der Waals surface area contributed by atoms with Gasteiger partial charge in [0.15, 0.2) is 5.82 Å². The summed E-state index contributed by atoms with van der Waals surface area (Å²) in [5, 5.41) is 5.63. The van der Waals surface area contributed by atoms with Crippen LogP contribution >= 0.6 is 11.3 Å². The second-order valence-corrected chi connectivity index (χ2v) is 12.4. The van der Waals surface area contributed by atoms with Crippen LogP contribution in [-0.4, -0.2) is 9.97 Å². The Labute approximate surface area is 260 Å². The van der Waals surface area contributed by atoms with Gasteiger partial charge in [0.25, 0.3) is 0 Å². The Morgan fingerprint density at radius 2 is 0.956 bits per heavy atom. The zero-order valence-corrected chi connectivity index (χ0v) is 24.6. The molecule has 45 heavy (non-hydrogen) atoms. The third kappa shape index (κ3) is 3.78. The molecule has 4 nitrogen and oxygen atoms in total. The van der Waals surface area contributed by atoms with Crippen molar-refractivity contribution in [1.82, 2.24) is 9.97 Å². The van der Waals surface area contributed by atoms with Crippen LogP contribution in [0.3, 0.4) is 0 Å². The quantitative estimate of drug-likeness (QED) is 0.204. The van der Waals surface area contributed by atoms with Gasteiger partial charge < -0.3 is 8.83 Å². The normalized spacial score (nSPS) is 12.0. The minimum Gasteiger partial charge on any atom is -0.456 e. The molecular weight excluding hydrogens is 573 g/mol. The zero-order valence-electron chi connectivity index (χ0n) is 23.8. The monoisotopic (exact) mass is 594 g/mol. The fourth-order valence-corrected chi connectivity index (χ4v) is 7.66. The van der Waals surface area contributed by atoms with Gasteiger partial charge in [-0.25, -0.2) is 9.97 Å². The first kappa shape index (κ1) is 24.6. The lowest BCUT2D eigenvalue weighted by atomic mass is 10.0. The Morgan fingerprint density at radius 3 is 1.67 bits per heavy atom. The maximum Gasteiger partial charge on any atom is 0.160 e. The molecule has 0 atom stereocenters. The van der Waals surface area contributed by atoms with E-state index in [0.717, 1.165) is 87.4 Å². The summed E-state index contributed by atoms with van der Waals surface area (Å²) in [6, 6.07) is 46.1. The van der Waals surface area contributed by atoms with Gasteiger partial charge in [0.1, 0.15) is 22.3 Å². The van der Waals surface area contributed by atoms with Gasteiger partial charge in [-0.3, -0.25) is 0 Å². The van der Waals surface area contributed by atoms with Crippen LogP contribution in [0.4, 0.5) is 0 Å². The topological polar surface area (TPSA) is 52.1 Å². The average Bonchev–Trinajstić information content (AvgIpc) is 3.78. The highest BCUT2D eigenvalue weighted by Gasteiger charge is 2.18. The Balaban J connectivity index is 1.11. The molecule has 5 heteroatoms. The number of furan rings is 2. The third-order valence-electron chi connectivity index (χ3n) is 8.73. The molecule has 6 aromatic carbocycles. The summed E-state index contributed by atoms with van der Waals surface area (Å²) in [5.41, 5.74) is 9.62. The molecule has 0 unspecified atom stereocenters. The zero-order chi connectivity index (χ0) is 29.5. The molecule has 0 bridgehead atoms. The van der Waals surface area contributed by atoms with E-state index in [1.54, 1.807) is 11.3 Å². The predicted molar refractivity (Wildman–Crippen MR) is 186 cm³/mol. The predicted octanol–water partition coefficient (Wildman–Crippen LogP) is 11.6. The number of thiophene rings is 1. The number of hydrogen-bond donors (Lipinski definition) is 0. The summed E-state index contributed by atoms with van der Waals surface area (Å²) < 4.78 is 14.7. The van der Waals surface area contributed by atoms with E-state index in [9.17, 15) is 0 Å². The molecule has 0 aliphatic rings. The second kappa shape index (κ2) is 9.36. The van der Waals surface area contributed by atoms with E-state index in [1.165, 1.54) is 4.70 Å². The number of aromatic nitrogens is 2. The third-order valence-corrected chi connectivity index (χ3v) is 9.89. The van der Waals surface area contributed by atoms with Crippen molar-refractivity contribution >= 4 is 75.5 Å². The van der Waals surface area contributed by atoms with E-state index < -0.39 is 0 Å². The highest BCUT2D eigenvalue weighted by molar-refractivity contribution is 7.26. The first-order valence-electron chi connectivity index (χ1n) is 14.9. The Morgan fingerprint density at radius 1 is 0.422 bits per heavy atom. The molecule has 0 spiro atoms. The summed E-state index contributed by atoms with van der Waals surface area (Å²) in [5.74, 6) is 0.699. The number of hydrogen-bond acceptors (Lipinski definition) is 5. The number of para-hydroxylation sites is 2. The molecule has 4 aromatic heterocycles. The van der Waals surface area contributed by atoms with Crippen LogP contribution in [0.25, 0.3) is 98.0 Å². The Kier molecular flexibility index (Phi) is 5.12. The van der Waals surface area contributed by atoms with Gasteiger partial charge >= 0.3 is 0 Å². The number of nitrogens with zero attached hydrogens (tertiary/aromatic N) is 2. The van der Waals surface area contributed by atoms with Crippen LogP contribution in [0.1, 0.15) is 0 Å². The lowest BCUT2D eigenvalue weighted by Crippen LogP contribution is -1.93. The lowest BCUT2D eigenvalue weighted by molar-refractivity contribution is 0.668. The molecule has 0 amide bonds. The van der Waals surface area contributed by atoms with Crippen molar-refractivity contribution < 1.29 is 8.83 Å². The molecule has 0 saturated carbocycles. The maximum atomic E-state index is 6.25. The van der Waals surface area contributed by atoms with Crippen LogP contribution < -0.4 is 0 Å². The van der Waals surface area contributed by atoms with Crippen molar-refractivity contribution in [2.75, 3.05) is 0 Å². The van der Waals surface area contributed by atoms with Gasteiger partial charge in [-0.1, -0.05) is 91.0 Å². The highest BCUT2D eigenvalue weighted by Crippen LogP contribution is 2.41. The smallest absolute Gasteiger partial charge is 0.160 e. The molecular formula is C40H22N2O2S. The van der Waals surface area contributed by atoms with Crippen molar-refractivity contribution in [1.29, 1.82) is 0 Å². The van der Waals surface area contributed by atoms with Crippen molar-refractivity contribution in [2.45, 2.75) is 0 Å². The molecule has 0 fully saturated rings. The molecule has 210 valence electrons. The van der Waals surface area contributed by atoms with Crippen molar-refractivity contribution in [3.8, 4) is 33.8 Å². The van der Waals surface area contributed by atoms with E-state index in [-0.39, 0.29) is 0 Å². The summed E-state index contributed by atoms with van der Waals surface area (Å²) >= 11 is 1.73. The number of fused-ring (bicyclic) bond motifs is 9. The fraction of sp³-hybridized carbons (Fsp3) is 0. The molecule has 0 saturated heterocycles. The van der Waals surface area contributed by atoms with Crippen LogP contribution in [-0.2, 0) is 0 Å². The molecule has 10 rings (SSSR count). The van der Waals surface area contributed by atoms with Crippen LogP contribution in [0, 0.1) is 0 Å². The van der Waals surface area contributed by atoms with E-state index in [0.29, 0.717) is 5.82 Å². The van der Waals surface area contributed by atoms with Gasteiger partial charge in [-0.05, 0) is 53.6 Å². The highest BCUT2D eigenvalue weighted by atomic mass is 32.1. The summed E-state index contributed by atoms with van der Waals surface area (Å²) in [7, 11) is 0. The standard InChI is InChI=1S/C40H22N2O2S/c1-4-10-32-27(7-1)29-19-17-25(21-34(29)43-32)23-13-15-24(16-14-23)40-41-37(39-38(42-40)31-9-3-6-12-36(31)45-39)26-18-20-30-28-8-2-5-11-33(28)44-35(30)22-26/h1-22H. The minimum absolute atomic E-state index is 0.699. The summed E-state index contributed by atoms with van der Waals surface area (Å²) in [6.45, 7) is 0. The molecule has 10 aromatic rings. The van der Waals surface area contributed by atoms with Gasteiger partial charge in [0.05, 0.1) is 15.9 Å². The first-order valence-corrected chi connectivity index (χ1v) is 15.7. The number of rotatable bonds is 3. The average molecular weight is 595 g/mol. The number of benzene rings is 6. The summed E-state index contributed by atoms with van der Waals surface area (Å²) in [6.07, 6.45) is 0. The molecule has 0 N–H and O–H groups in total. The molecule has 0 aliphatic carbocycles. The SMILES string of the molecule is c1ccc2c(c1)oc1cc(-c3ccc(-c4nc(-c5ccc6c(c5)oc5ccccc56)c5sc6ccccc6c5n4)cc3)ccc12. The van der Waals surface area contributed by atoms with E-state index in [4.69, 9.17) is 18.8 Å². The van der Waals surface area contributed by atoms with Crippen molar-refractivity contribution in [2.24, 2.45) is 0 Å². The maximum absolute atomic E-state index is 6.25. The van der Waals surface area contributed by atoms with Gasteiger partial charge in [0.2, 0.25) is 0 Å². The molecule has 4 heterocycles. The first-order chi connectivity index (χ1) is 22.3. The van der Waals surface area contributed by atoms with Gasteiger partial charge in [0, 0.05) is 42.8 Å². The Bertz CT molecular complexity index is 2770. The minimum atomic E-state index is 0.699. The Hall–Kier alpha value is -5.78. The van der Waals surface area contributed by atoms with Crippen molar-refractivity contribution in [3.63, 3.8) is 0 Å². The van der Waals surface area contributed by atoms with Crippen molar-refractivity contribution in [3.05, 3.63) is 133 Å². The van der Waals surface area contributed by atoms with Crippen LogP contribution in [0.2, 0.25) is 0 Å². The van der Waals surface area contributed by atoms with E-state index in [1.807, 2.05) is 36.4 Å². The van der Waals surface area contributed by atoms with Gasteiger partial charge in [-0.2, -0.15) is 0 Å². The second-order valence-electron chi connectivity index (χ2n) is 11.4. The van der Waals surface area contributed by atoms with Gasteiger partial charge in [-0.15, -0.1) is 11.3 Å². The molecule has 0 aliphatic heterocycles. The van der Waals surface area contributed by atoms with E-state index >= 15 is 0 Å². The largest absolute Gasteiger partial charge is 0.456 e. The summed E-state index contributed by atoms with van der Waals surface area (Å²) in [4.78, 5) is 10.4. The van der Waals surface area contributed by atoms with Crippen LogP contribution in [0.5, 0.6) is 0 Å². The molecule has 0 radical (unpaired) electrons. The van der Waals surface area contributed by atoms with E-state index in [2.05, 4.69) is 97.1 Å².